The van der Waals surface area contributed by atoms with Gasteiger partial charge in [-0.3, -0.25) is 4.79 Å². The first-order chi connectivity index (χ1) is 17.2. The molecule has 5 rings (SSSR count). The molecule has 11 nitrogen and oxygen atoms in total. The molecule has 0 unspecified atom stereocenters. The Bertz CT molecular complexity index is 1610. The van der Waals surface area contributed by atoms with Crippen LogP contribution >= 0.6 is 0 Å². The van der Waals surface area contributed by atoms with Gasteiger partial charge in [-0.25, -0.2) is 4.98 Å². The first-order valence-corrected chi connectivity index (χ1v) is 10.3. The van der Waals surface area contributed by atoms with E-state index in [-0.39, 0.29) is 34.3 Å². The minimum atomic E-state index is -0.505. The molecule has 0 radical (unpaired) electrons. The lowest BCUT2D eigenvalue weighted by Gasteiger charge is -2.12. The van der Waals surface area contributed by atoms with E-state index in [4.69, 9.17) is 0 Å². The van der Waals surface area contributed by atoms with Gasteiger partial charge < -0.3 is 10.4 Å². The number of para-hydroxylation sites is 1. The van der Waals surface area contributed by atoms with Gasteiger partial charge in [-0.15, -0.1) is 10.2 Å². The average molecular weight is 461 g/mol. The van der Waals surface area contributed by atoms with Crippen molar-refractivity contribution >= 4 is 33.9 Å². The molecule has 5 aromatic rings. The van der Waals surface area contributed by atoms with E-state index in [1.54, 1.807) is 48.5 Å². The molecule has 0 saturated heterocycles. The zero-order valence-electron chi connectivity index (χ0n) is 17.9. The van der Waals surface area contributed by atoms with E-state index in [9.17, 15) is 15.2 Å². The van der Waals surface area contributed by atoms with Crippen LogP contribution in [0.1, 0.15) is 15.9 Å². The lowest BCUT2D eigenvalue weighted by Crippen LogP contribution is -2.12. The van der Waals surface area contributed by atoms with Crippen LogP contribution in [0.2, 0.25) is 0 Å². The molecule has 0 atom stereocenters. The molecule has 0 bridgehead atoms. The third kappa shape index (κ3) is 4.14. The number of aromatic hydroxyl groups is 1. The maximum Gasteiger partial charge on any atom is 0.260 e. The number of nitrogens with zero attached hydrogens (tertiary/aromatic N) is 8. The number of nitriles is 1. The number of benzene rings is 3. The zero-order valence-corrected chi connectivity index (χ0v) is 17.9. The van der Waals surface area contributed by atoms with Crippen LogP contribution in [0.15, 0.2) is 89.7 Å². The first-order valence-electron chi connectivity index (χ1n) is 10.3. The Morgan fingerprint density at radius 2 is 1.77 bits per heavy atom. The summed E-state index contributed by atoms with van der Waals surface area (Å²) in [6, 6.07) is 19.6. The summed E-state index contributed by atoms with van der Waals surface area (Å²) >= 11 is 0. The Kier molecular flexibility index (Phi) is 5.59. The van der Waals surface area contributed by atoms with Gasteiger partial charge >= 0.3 is 0 Å². The van der Waals surface area contributed by atoms with Gasteiger partial charge in [0.05, 0.1) is 11.8 Å². The molecule has 11 heteroatoms. The second-order valence-corrected chi connectivity index (χ2v) is 7.20. The summed E-state index contributed by atoms with van der Waals surface area (Å²) in [5.74, 6) is -0.664. The molecule has 168 valence electrons. The van der Waals surface area contributed by atoms with Crippen molar-refractivity contribution in [3.8, 4) is 17.8 Å². The molecule has 1 amide bonds. The van der Waals surface area contributed by atoms with Crippen molar-refractivity contribution in [2.45, 2.75) is 0 Å². The SMILES string of the molecule is N#Cc1cnn(-c2ncncn2)c1N=Nc1cc2ccccc2c(C(=O)Nc2ccccc2)c1O. The van der Waals surface area contributed by atoms with Crippen molar-refractivity contribution in [2.24, 2.45) is 10.2 Å². The van der Waals surface area contributed by atoms with E-state index in [0.29, 0.717) is 16.5 Å². The van der Waals surface area contributed by atoms with Crippen molar-refractivity contribution in [2.75, 3.05) is 5.32 Å². The Hall–Kier alpha value is -5.50. The van der Waals surface area contributed by atoms with Crippen LogP contribution in [0.5, 0.6) is 5.75 Å². The number of hydrogen-bond donors (Lipinski definition) is 2. The molecular formula is C24H15N9O2. The van der Waals surface area contributed by atoms with Crippen molar-refractivity contribution in [1.82, 2.24) is 24.7 Å². The molecule has 0 saturated carbocycles. The van der Waals surface area contributed by atoms with Crippen LogP contribution in [0, 0.1) is 11.3 Å². The zero-order chi connectivity index (χ0) is 24.2. The van der Waals surface area contributed by atoms with Gasteiger partial charge in [0.2, 0.25) is 0 Å². The van der Waals surface area contributed by atoms with E-state index in [2.05, 4.69) is 35.6 Å². The van der Waals surface area contributed by atoms with E-state index in [0.717, 1.165) is 0 Å². The first kappa shape index (κ1) is 21.4. The van der Waals surface area contributed by atoms with E-state index >= 15 is 0 Å². The summed E-state index contributed by atoms with van der Waals surface area (Å²) in [6.07, 6.45) is 3.87. The van der Waals surface area contributed by atoms with Gasteiger partial charge in [0.1, 0.15) is 30.0 Å². The number of amides is 1. The van der Waals surface area contributed by atoms with Gasteiger partial charge in [0.15, 0.2) is 11.6 Å². The number of anilines is 1. The number of carbonyl (C=O) groups is 1. The summed E-state index contributed by atoms with van der Waals surface area (Å²) in [4.78, 5) is 24.9. The third-order valence-corrected chi connectivity index (χ3v) is 5.05. The maximum atomic E-state index is 13.2. The normalized spacial score (nSPS) is 10.9. The Morgan fingerprint density at radius 3 is 2.54 bits per heavy atom. The molecular weight excluding hydrogens is 446 g/mol. The predicted octanol–water partition coefficient (Wildman–Crippen LogP) is 4.46. The highest BCUT2D eigenvalue weighted by atomic mass is 16.3. The molecule has 2 aromatic heterocycles. The summed E-state index contributed by atoms with van der Waals surface area (Å²) in [5, 5.41) is 36.9. The topological polar surface area (TPSA) is 154 Å². The molecule has 3 aromatic carbocycles. The highest BCUT2D eigenvalue weighted by molar-refractivity contribution is 6.16. The smallest absolute Gasteiger partial charge is 0.260 e. The van der Waals surface area contributed by atoms with Crippen LogP contribution in [0.25, 0.3) is 16.7 Å². The van der Waals surface area contributed by atoms with E-state index < -0.39 is 5.91 Å². The number of hydrogen-bond acceptors (Lipinski definition) is 9. The van der Waals surface area contributed by atoms with Crippen LogP contribution in [-0.4, -0.2) is 35.7 Å². The number of fused-ring (bicyclic) bond motifs is 1. The predicted molar refractivity (Wildman–Crippen MR) is 126 cm³/mol. The summed E-state index contributed by atoms with van der Waals surface area (Å²) in [5.41, 5.74) is 0.783. The third-order valence-electron chi connectivity index (χ3n) is 5.05. The van der Waals surface area contributed by atoms with Crippen molar-refractivity contribution < 1.29 is 9.90 Å². The van der Waals surface area contributed by atoms with Crippen molar-refractivity contribution in [3.05, 3.63) is 90.6 Å². The highest BCUT2D eigenvalue weighted by Crippen LogP contribution is 2.38. The fourth-order valence-electron chi connectivity index (χ4n) is 3.45. The standard InChI is InChI=1S/C24H15N9O2/c25-11-16-12-29-33(24-27-13-26-14-28-24)22(16)32-31-19-10-15-6-4-5-9-18(15)20(21(19)34)23(35)30-17-7-2-1-3-8-17/h1-10,12-14,34H,(H,30,35). The Balaban J connectivity index is 1.60. The lowest BCUT2D eigenvalue weighted by atomic mass is 10.0. The molecule has 0 aliphatic carbocycles. The van der Waals surface area contributed by atoms with Crippen LogP contribution < -0.4 is 5.32 Å². The fraction of sp³-hybridized carbons (Fsp3) is 0. The molecule has 0 fully saturated rings. The number of phenolic OH excluding ortho intramolecular Hbond substituents is 1. The lowest BCUT2D eigenvalue weighted by molar-refractivity contribution is 0.102. The van der Waals surface area contributed by atoms with E-state index in [1.807, 2.05) is 18.2 Å². The van der Waals surface area contributed by atoms with Crippen molar-refractivity contribution in [1.29, 1.82) is 5.26 Å². The monoisotopic (exact) mass is 461 g/mol. The summed E-state index contributed by atoms with van der Waals surface area (Å²) in [7, 11) is 0. The van der Waals surface area contributed by atoms with Crippen molar-refractivity contribution in [3.63, 3.8) is 0 Å². The minimum absolute atomic E-state index is 0.0363. The molecule has 0 aliphatic rings. The second-order valence-electron chi connectivity index (χ2n) is 7.20. The number of carbonyl (C=O) groups excluding carboxylic acids is 1. The Labute approximate surface area is 198 Å². The molecule has 2 heterocycles. The second kappa shape index (κ2) is 9.16. The van der Waals surface area contributed by atoms with Gasteiger partial charge in [-0.05, 0) is 29.0 Å². The van der Waals surface area contributed by atoms with Crippen LogP contribution in [0.4, 0.5) is 17.2 Å². The Morgan fingerprint density at radius 1 is 1.03 bits per heavy atom. The maximum absolute atomic E-state index is 13.2. The number of aromatic nitrogens is 5. The molecule has 0 aliphatic heterocycles. The number of rotatable bonds is 5. The number of azo groups is 1. The fourth-order valence-corrected chi connectivity index (χ4v) is 3.45. The summed E-state index contributed by atoms with van der Waals surface area (Å²) in [6.45, 7) is 0. The van der Waals surface area contributed by atoms with Gasteiger partial charge in [0.25, 0.3) is 11.9 Å². The minimum Gasteiger partial charge on any atom is -0.505 e. The number of phenols is 1. The highest BCUT2D eigenvalue weighted by Gasteiger charge is 2.20. The molecule has 2 N–H and O–H groups in total. The van der Waals surface area contributed by atoms with Gasteiger partial charge in [-0.2, -0.15) is 25.0 Å². The molecule has 0 spiro atoms. The number of nitrogens with one attached hydrogen (secondary N) is 1. The van der Waals surface area contributed by atoms with Gasteiger partial charge in [-0.1, -0.05) is 42.5 Å². The van der Waals surface area contributed by atoms with Gasteiger partial charge in [0, 0.05) is 5.69 Å². The van der Waals surface area contributed by atoms with E-state index in [1.165, 1.54) is 23.5 Å². The van der Waals surface area contributed by atoms with Crippen LogP contribution in [-0.2, 0) is 0 Å². The molecule has 35 heavy (non-hydrogen) atoms. The average Bonchev–Trinajstić information content (AvgIpc) is 3.31. The quantitative estimate of drug-likeness (QED) is 0.366. The van der Waals surface area contributed by atoms with Crippen LogP contribution in [0.3, 0.4) is 0 Å². The summed E-state index contributed by atoms with van der Waals surface area (Å²) < 4.78 is 1.23. The largest absolute Gasteiger partial charge is 0.505 e.